The van der Waals surface area contributed by atoms with Gasteiger partial charge in [0.25, 0.3) is 0 Å². The van der Waals surface area contributed by atoms with E-state index < -0.39 is 0 Å². The summed E-state index contributed by atoms with van der Waals surface area (Å²) in [7, 11) is 1.59. The Morgan fingerprint density at radius 3 is 2.52 bits per heavy atom. The number of nitriles is 1. The molecule has 1 N–H and O–H groups in total. The Labute approximate surface area is 126 Å². The number of aryl methyl sites for hydroxylation is 1. The number of hydrogen-bond acceptors (Lipinski definition) is 3. The SMILES string of the molecule is COc1cc(CN[C@@H](C)c2ccc(C)cc2)ccc1C#N. The Morgan fingerprint density at radius 1 is 1.19 bits per heavy atom. The van der Waals surface area contributed by atoms with Crippen LogP contribution < -0.4 is 10.1 Å². The quantitative estimate of drug-likeness (QED) is 0.907. The van der Waals surface area contributed by atoms with Crippen LogP contribution in [-0.2, 0) is 6.54 Å². The normalized spacial score (nSPS) is 11.7. The minimum atomic E-state index is 0.271. The molecule has 1 atom stereocenters. The van der Waals surface area contributed by atoms with Crippen molar-refractivity contribution in [1.29, 1.82) is 5.26 Å². The lowest BCUT2D eigenvalue weighted by molar-refractivity contribution is 0.412. The zero-order chi connectivity index (χ0) is 15.2. The first kappa shape index (κ1) is 15.1. The first-order valence-corrected chi connectivity index (χ1v) is 7.01. The molecule has 0 fully saturated rings. The second kappa shape index (κ2) is 6.92. The maximum Gasteiger partial charge on any atom is 0.136 e. The third-order valence-electron chi connectivity index (χ3n) is 3.58. The molecule has 0 saturated heterocycles. The van der Waals surface area contributed by atoms with Crippen molar-refractivity contribution in [3.05, 3.63) is 64.7 Å². The van der Waals surface area contributed by atoms with Crippen LogP contribution in [0, 0.1) is 18.3 Å². The van der Waals surface area contributed by atoms with Crippen LogP contribution in [0.1, 0.15) is 35.2 Å². The van der Waals surface area contributed by atoms with Crippen molar-refractivity contribution in [3.63, 3.8) is 0 Å². The highest BCUT2D eigenvalue weighted by atomic mass is 16.5. The van der Waals surface area contributed by atoms with Crippen molar-refractivity contribution in [2.24, 2.45) is 0 Å². The van der Waals surface area contributed by atoms with Gasteiger partial charge < -0.3 is 10.1 Å². The van der Waals surface area contributed by atoms with Crippen molar-refractivity contribution in [3.8, 4) is 11.8 Å². The van der Waals surface area contributed by atoms with Crippen LogP contribution in [0.4, 0.5) is 0 Å². The average molecular weight is 280 g/mol. The molecule has 2 aromatic rings. The summed E-state index contributed by atoms with van der Waals surface area (Å²) in [6.45, 7) is 4.97. The summed E-state index contributed by atoms with van der Waals surface area (Å²) in [6.07, 6.45) is 0. The first-order chi connectivity index (χ1) is 10.1. The maximum absolute atomic E-state index is 8.98. The lowest BCUT2D eigenvalue weighted by atomic mass is 10.1. The minimum absolute atomic E-state index is 0.271. The summed E-state index contributed by atoms with van der Waals surface area (Å²) < 4.78 is 5.23. The fourth-order valence-electron chi connectivity index (χ4n) is 2.18. The highest BCUT2D eigenvalue weighted by molar-refractivity contribution is 5.45. The first-order valence-electron chi connectivity index (χ1n) is 7.01. The van der Waals surface area contributed by atoms with Gasteiger partial charge in [0.15, 0.2) is 0 Å². The van der Waals surface area contributed by atoms with Crippen molar-refractivity contribution < 1.29 is 4.74 Å². The third kappa shape index (κ3) is 3.84. The molecule has 0 amide bonds. The number of nitrogens with one attached hydrogen (secondary N) is 1. The van der Waals surface area contributed by atoms with E-state index in [1.165, 1.54) is 11.1 Å². The second-order valence-electron chi connectivity index (χ2n) is 5.16. The highest BCUT2D eigenvalue weighted by Gasteiger charge is 2.07. The smallest absolute Gasteiger partial charge is 0.136 e. The Bertz CT molecular complexity index is 641. The van der Waals surface area contributed by atoms with Gasteiger partial charge in [-0.25, -0.2) is 0 Å². The highest BCUT2D eigenvalue weighted by Crippen LogP contribution is 2.20. The fourth-order valence-corrected chi connectivity index (χ4v) is 2.18. The van der Waals surface area contributed by atoms with Gasteiger partial charge in [-0.05, 0) is 37.1 Å². The summed E-state index contributed by atoms with van der Waals surface area (Å²) in [4.78, 5) is 0. The molecule has 0 unspecified atom stereocenters. The van der Waals surface area contributed by atoms with E-state index in [9.17, 15) is 0 Å². The zero-order valence-electron chi connectivity index (χ0n) is 12.7. The molecule has 3 nitrogen and oxygen atoms in total. The molecule has 2 rings (SSSR count). The van der Waals surface area contributed by atoms with Gasteiger partial charge in [-0.2, -0.15) is 5.26 Å². The van der Waals surface area contributed by atoms with Gasteiger partial charge in [-0.15, -0.1) is 0 Å². The lowest BCUT2D eigenvalue weighted by Gasteiger charge is -2.15. The number of hydrogen-bond donors (Lipinski definition) is 1. The van der Waals surface area contributed by atoms with Gasteiger partial charge in [-0.1, -0.05) is 35.9 Å². The molecule has 0 bridgehead atoms. The van der Waals surface area contributed by atoms with Crippen LogP contribution in [0.3, 0.4) is 0 Å². The summed E-state index contributed by atoms with van der Waals surface area (Å²) >= 11 is 0. The minimum Gasteiger partial charge on any atom is -0.495 e. The van der Waals surface area contributed by atoms with E-state index in [2.05, 4.69) is 49.5 Å². The van der Waals surface area contributed by atoms with Crippen LogP contribution in [0.2, 0.25) is 0 Å². The number of benzene rings is 2. The zero-order valence-corrected chi connectivity index (χ0v) is 12.7. The summed E-state index contributed by atoms with van der Waals surface area (Å²) in [5, 5.41) is 12.5. The molecular weight excluding hydrogens is 260 g/mol. The molecule has 0 heterocycles. The molecule has 108 valence electrons. The van der Waals surface area contributed by atoms with E-state index in [1.54, 1.807) is 13.2 Å². The maximum atomic E-state index is 8.98. The number of nitrogens with zero attached hydrogens (tertiary/aromatic N) is 1. The van der Waals surface area contributed by atoms with E-state index in [4.69, 9.17) is 10.00 Å². The van der Waals surface area contributed by atoms with E-state index in [0.717, 1.165) is 12.1 Å². The molecule has 0 aliphatic heterocycles. The molecule has 2 aromatic carbocycles. The van der Waals surface area contributed by atoms with Gasteiger partial charge in [0.05, 0.1) is 12.7 Å². The van der Waals surface area contributed by atoms with Crippen LogP contribution in [0.5, 0.6) is 5.75 Å². The Balaban J connectivity index is 2.02. The van der Waals surface area contributed by atoms with Crippen LogP contribution >= 0.6 is 0 Å². The summed E-state index contributed by atoms with van der Waals surface area (Å²) in [5.41, 5.74) is 4.20. The lowest BCUT2D eigenvalue weighted by Crippen LogP contribution is -2.18. The fraction of sp³-hybridized carbons (Fsp3) is 0.278. The third-order valence-corrected chi connectivity index (χ3v) is 3.58. The Hall–Kier alpha value is -2.31. The van der Waals surface area contributed by atoms with Crippen molar-refractivity contribution in [2.45, 2.75) is 26.4 Å². The van der Waals surface area contributed by atoms with E-state index in [-0.39, 0.29) is 6.04 Å². The van der Waals surface area contributed by atoms with Gasteiger partial charge in [-0.3, -0.25) is 0 Å². The Kier molecular flexibility index (Phi) is 4.97. The standard InChI is InChI=1S/C18H20N2O/c1-13-4-7-16(8-5-13)14(2)20-12-15-6-9-17(11-19)18(10-15)21-3/h4-10,14,20H,12H2,1-3H3/t14-/m0/s1. The molecule has 0 radical (unpaired) electrons. The largest absolute Gasteiger partial charge is 0.495 e. The predicted octanol–water partition coefficient (Wildman–Crippen LogP) is 3.73. The molecular formula is C18H20N2O. The average Bonchev–Trinajstić information content (AvgIpc) is 2.52. The van der Waals surface area contributed by atoms with Crippen molar-refractivity contribution in [1.82, 2.24) is 5.32 Å². The van der Waals surface area contributed by atoms with Gasteiger partial charge in [0, 0.05) is 12.6 Å². The van der Waals surface area contributed by atoms with Gasteiger partial charge in [0.2, 0.25) is 0 Å². The molecule has 0 spiro atoms. The van der Waals surface area contributed by atoms with Crippen LogP contribution in [0.15, 0.2) is 42.5 Å². The van der Waals surface area contributed by atoms with Crippen molar-refractivity contribution >= 4 is 0 Å². The van der Waals surface area contributed by atoms with Gasteiger partial charge >= 0.3 is 0 Å². The number of ether oxygens (including phenoxy) is 1. The van der Waals surface area contributed by atoms with E-state index >= 15 is 0 Å². The molecule has 21 heavy (non-hydrogen) atoms. The monoisotopic (exact) mass is 280 g/mol. The molecule has 0 aliphatic carbocycles. The summed E-state index contributed by atoms with van der Waals surface area (Å²) in [5.74, 6) is 0.625. The molecule has 3 heteroatoms. The predicted molar refractivity (Wildman–Crippen MR) is 84.1 cm³/mol. The molecule has 0 saturated carbocycles. The summed E-state index contributed by atoms with van der Waals surface area (Å²) in [6, 6.07) is 16.6. The number of rotatable bonds is 5. The van der Waals surface area contributed by atoms with Gasteiger partial charge in [0.1, 0.15) is 11.8 Å². The topological polar surface area (TPSA) is 45.0 Å². The van der Waals surface area contributed by atoms with E-state index in [1.807, 2.05) is 12.1 Å². The molecule has 0 aliphatic rings. The second-order valence-corrected chi connectivity index (χ2v) is 5.16. The van der Waals surface area contributed by atoms with Crippen LogP contribution in [0.25, 0.3) is 0 Å². The van der Waals surface area contributed by atoms with Crippen molar-refractivity contribution in [2.75, 3.05) is 7.11 Å². The Morgan fingerprint density at radius 2 is 1.90 bits per heavy atom. The van der Waals surface area contributed by atoms with E-state index in [0.29, 0.717) is 11.3 Å². The molecule has 0 aromatic heterocycles. The van der Waals surface area contributed by atoms with Crippen LogP contribution in [-0.4, -0.2) is 7.11 Å². The number of methoxy groups -OCH3 is 1.